The second-order valence-corrected chi connectivity index (χ2v) is 11.0. The first-order valence-electron chi connectivity index (χ1n) is 14.9. The van der Waals surface area contributed by atoms with Gasteiger partial charge in [0.25, 0.3) is 0 Å². The van der Waals surface area contributed by atoms with Crippen molar-refractivity contribution in [1.29, 1.82) is 0 Å². The molecule has 0 heterocycles. The van der Waals surface area contributed by atoms with E-state index in [1.165, 1.54) is 14.7 Å². The van der Waals surface area contributed by atoms with E-state index in [4.69, 9.17) is 0 Å². The van der Waals surface area contributed by atoms with Gasteiger partial charge >= 0.3 is 0 Å². The van der Waals surface area contributed by atoms with Crippen molar-refractivity contribution in [3.63, 3.8) is 0 Å². The van der Waals surface area contributed by atoms with Gasteiger partial charge in [-0.3, -0.25) is 24.3 Å². The van der Waals surface area contributed by atoms with Crippen LogP contribution in [0.1, 0.15) is 0 Å². The van der Waals surface area contributed by atoms with Crippen LogP contribution in [-0.4, -0.2) is 103 Å². The van der Waals surface area contributed by atoms with E-state index in [1.807, 2.05) is 60.7 Å². The van der Waals surface area contributed by atoms with Crippen LogP contribution in [0, 0.1) is 0 Å². The van der Waals surface area contributed by atoms with E-state index >= 15 is 0 Å². The summed E-state index contributed by atoms with van der Waals surface area (Å²) in [5.74, 6) is -5.22. The number of aliphatic carboxylic acids is 3. The van der Waals surface area contributed by atoms with Crippen LogP contribution >= 0.6 is 0 Å². The zero-order valence-corrected chi connectivity index (χ0v) is 25.6. The van der Waals surface area contributed by atoms with Crippen molar-refractivity contribution in [1.82, 2.24) is 14.7 Å². The number of carboxylic acid groups (broad SMARTS) is 3. The normalized spacial score (nSPS) is 11.3. The molecule has 0 aromatic heterocycles. The number of anilines is 2. The molecule has 0 bridgehead atoms. The molecule has 0 aliphatic rings. The summed E-state index contributed by atoms with van der Waals surface area (Å²) in [4.78, 5) is 64.3. The molecule has 2 amide bonds. The fourth-order valence-corrected chi connectivity index (χ4v) is 5.27. The molecule has 0 saturated carbocycles. The molecule has 0 fully saturated rings. The zero-order valence-electron chi connectivity index (χ0n) is 25.6. The summed E-state index contributed by atoms with van der Waals surface area (Å²) < 4.78 is 0. The first kappa shape index (κ1) is 34.5. The summed E-state index contributed by atoms with van der Waals surface area (Å²) in [7, 11) is 0. The summed E-state index contributed by atoms with van der Waals surface area (Å²) in [6.07, 6.45) is 0. The minimum Gasteiger partial charge on any atom is -0.549 e. The molecule has 246 valence electrons. The maximum atomic E-state index is 12.9. The quantitative estimate of drug-likeness (QED) is 0.132. The number of benzene rings is 4. The number of rotatable bonds is 18. The highest BCUT2D eigenvalue weighted by Crippen LogP contribution is 2.24. The van der Waals surface area contributed by atoms with E-state index in [1.54, 1.807) is 24.3 Å². The maximum absolute atomic E-state index is 12.9. The summed E-state index contributed by atoms with van der Waals surface area (Å²) in [5, 5.41) is 43.5. The molecular weight excluding hydrogens is 606 g/mol. The van der Waals surface area contributed by atoms with Gasteiger partial charge in [-0.05, 0) is 22.9 Å². The molecule has 13 nitrogen and oxygen atoms in total. The molecule has 47 heavy (non-hydrogen) atoms. The average molecular weight is 641 g/mol. The molecule has 0 unspecified atom stereocenters. The Morgan fingerprint density at radius 1 is 0.447 bits per heavy atom. The molecule has 4 aromatic carbocycles. The van der Waals surface area contributed by atoms with Gasteiger partial charge in [-0.15, -0.1) is 0 Å². The van der Waals surface area contributed by atoms with Crippen molar-refractivity contribution in [2.45, 2.75) is 0 Å². The van der Waals surface area contributed by atoms with Crippen molar-refractivity contribution in [2.75, 3.05) is 69.5 Å². The maximum Gasteiger partial charge on any atom is 0.238 e. The van der Waals surface area contributed by atoms with Gasteiger partial charge in [-0.2, -0.15) is 0 Å². The molecule has 13 heteroatoms. The van der Waals surface area contributed by atoms with Crippen molar-refractivity contribution < 1.29 is 39.3 Å². The van der Waals surface area contributed by atoms with Crippen LogP contribution in [0.25, 0.3) is 21.5 Å². The van der Waals surface area contributed by atoms with E-state index in [0.29, 0.717) is 11.4 Å². The van der Waals surface area contributed by atoms with E-state index in [0.717, 1.165) is 21.5 Å². The Bertz CT molecular complexity index is 1620. The number of nitrogens with zero attached hydrogens (tertiary/aromatic N) is 3. The zero-order chi connectivity index (χ0) is 33.8. The van der Waals surface area contributed by atoms with Gasteiger partial charge in [0.05, 0.1) is 31.0 Å². The Hall–Kier alpha value is -5.37. The number of hydrogen-bond acceptors (Lipinski definition) is 11. The van der Waals surface area contributed by atoms with Crippen LogP contribution in [0.5, 0.6) is 0 Å². The minimum atomic E-state index is -1.42. The molecule has 4 aromatic rings. The Morgan fingerprint density at radius 3 is 1.19 bits per heavy atom. The van der Waals surface area contributed by atoms with Crippen molar-refractivity contribution in [3.05, 3.63) is 84.9 Å². The van der Waals surface area contributed by atoms with Gasteiger partial charge in [-0.1, -0.05) is 72.8 Å². The second-order valence-electron chi connectivity index (χ2n) is 11.0. The molecule has 0 aliphatic carbocycles. The van der Waals surface area contributed by atoms with Crippen LogP contribution in [0.2, 0.25) is 0 Å². The topological polar surface area (TPSA) is 188 Å². The molecule has 0 spiro atoms. The molecule has 4 rings (SSSR count). The largest absolute Gasteiger partial charge is 0.549 e. The number of carbonyl (C=O) groups excluding carboxylic acids is 5. The number of hydrogen-bond donors (Lipinski definition) is 2. The molecule has 0 aliphatic heterocycles. The lowest BCUT2D eigenvalue weighted by molar-refractivity contribution is -0.308. The Balaban J connectivity index is 1.37. The van der Waals surface area contributed by atoms with Gasteiger partial charge in [-0.25, -0.2) is 0 Å². The Labute approximate surface area is 271 Å². The van der Waals surface area contributed by atoms with Gasteiger partial charge < -0.3 is 40.3 Å². The highest BCUT2D eigenvalue weighted by Gasteiger charge is 2.18. The lowest BCUT2D eigenvalue weighted by Gasteiger charge is -2.30. The third-order valence-corrected chi connectivity index (χ3v) is 7.38. The van der Waals surface area contributed by atoms with Gasteiger partial charge in [0.1, 0.15) is 0 Å². The molecule has 0 atom stereocenters. The average Bonchev–Trinajstić information content (AvgIpc) is 3.01. The number of carboxylic acids is 3. The minimum absolute atomic E-state index is 0.00975. The van der Waals surface area contributed by atoms with Crippen LogP contribution in [-0.2, 0) is 24.0 Å². The van der Waals surface area contributed by atoms with Crippen molar-refractivity contribution in [2.24, 2.45) is 0 Å². The fraction of sp³-hybridized carbons (Fsp3) is 0.265. The summed E-state index contributed by atoms with van der Waals surface area (Å²) in [6.45, 7) is -2.46. The first-order chi connectivity index (χ1) is 22.6. The summed E-state index contributed by atoms with van der Waals surface area (Å²) >= 11 is 0. The van der Waals surface area contributed by atoms with Crippen molar-refractivity contribution in [3.8, 4) is 0 Å². The predicted octanol–water partition coefficient (Wildman–Crippen LogP) is -1.27. The van der Waals surface area contributed by atoms with E-state index in [-0.39, 0.29) is 39.3 Å². The number of nitrogens with one attached hydrogen (secondary N) is 2. The Kier molecular flexibility index (Phi) is 12.3. The number of carbonyl (C=O) groups is 5. The smallest absolute Gasteiger partial charge is 0.238 e. The third kappa shape index (κ3) is 10.9. The van der Waals surface area contributed by atoms with Gasteiger partial charge in [0, 0.05) is 68.0 Å². The van der Waals surface area contributed by atoms with E-state index < -0.39 is 49.4 Å². The second kappa shape index (κ2) is 16.8. The predicted molar refractivity (Wildman–Crippen MR) is 169 cm³/mol. The Morgan fingerprint density at radius 2 is 0.787 bits per heavy atom. The third-order valence-electron chi connectivity index (χ3n) is 7.38. The summed E-state index contributed by atoms with van der Waals surface area (Å²) in [5.41, 5.74) is 1.11. The monoisotopic (exact) mass is 640 g/mol. The van der Waals surface area contributed by atoms with Crippen LogP contribution in [0.4, 0.5) is 11.4 Å². The van der Waals surface area contributed by atoms with Crippen LogP contribution in [0.15, 0.2) is 84.9 Å². The standard InChI is InChI=1S/C34H37N5O8/c40-30(35-28-13-5-9-24-7-1-3-11-26(24)28)19-38(22-33(44)45)17-15-37(21-32(42)43)16-18-39(23-34(46)47)20-31(41)36-29-14-6-10-25-8-2-4-12-27(25)29/h1-14H,15-23H2,(H,35,40)(H,36,41)(H,42,43)(H,44,45)(H,46,47)/p-3. The van der Waals surface area contributed by atoms with Crippen molar-refractivity contribution >= 4 is 62.6 Å². The van der Waals surface area contributed by atoms with Gasteiger partial charge in [0.2, 0.25) is 11.8 Å². The first-order valence-corrected chi connectivity index (χ1v) is 14.9. The molecule has 2 N–H and O–H groups in total. The molecule has 0 saturated heterocycles. The molecular formula is C34H34N5O8-3. The number of fused-ring (bicyclic) bond motifs is 2. The van der Waals surface area contributed by atoms with Crippen LogP contribution in [0.3, 0.4) is 0 Å². The molecule has 0 radical (unpaired) electrons. The lowest BCUT2D eigenvalue weighted by Crippen LogP contribution is -2.49. The van der Waals surface area contributed by atoms with Crippen LogP contribution < -0.4 is 26.0 Å². The van der Waals surface area contributed by atoms with E-state index in [9.17, 15) is 39.3 Å². The summed E-state index contributed by atoms with van der Waals surface area (Å²) in [6, 6.07) is 25.7. The fourth-order valence-electron chi connectivity index (χ4n) is 5.27. The number of amides is 2. The lowest BCUT2D eigenvalue weighted by atomic mass is 10.1. The SMILES string of the molecule is O=C([O-])CN(CCN(CC(=O)[O-])CC(=O)Nc1cccc2ccccc12)CCN(CC(=O)[O-])CC(=O)Nc1cccc2ccccc12. The van der Waals surface area contributed by atoms with Gasteiger partial charge in [0.15, 0.2) is 0 Å². The highest BCUT2D eigenvalue weighted by atomic mass is 16.4. The highest BCUT2D eigenvalue weighted by molar-refractivity contribution is 6.03. The van der Waals surface area contributed by atoms with E-state index in [2.05, 4.69) is 10.6 Å².